The fourth-order valence-electron chi connectivity index (χ4n) is 4.22. The van der Waals surface area contributed by atoms with Gasteiger partial charge >= 0.3 is 0 Å². The number of piperidine rings is 1. The average molecular weight is 389 g/mol. The van der Waals surface area contributed by atoms with Crippen LogP contribution in [0.2, 0.25) is 0 Å². The van der Waals surface area contributed by atoms with E-state index in [4.69, 9.17) is 4.74 Å². The maximum atomic E-state index is 12.9. The number of benzene rings is 1. The molecule has 0 saturated carbocycles. The van der Waals surface area contributed by atoms with Crippen molar-refractivity contribution in [2.24, 2.45) is 0 Å². The summed E-state index contributed by atoms with van der Waals surface area (Å²) in [5, 5.41) is 0. The molecule has 2 heterocycles. The molecule has 1 amide bonds. The van der Waals surface area contributed by atoms with E-state index >= 15 is 0 Å². The first-order valence-corrected chi connectivity index (χ1v) is 11.1. The van der Waals surface area contributed by atoms with Crippen LogP contribution in [0, 0.1) is 0 Å². The largest absolute Gasteiger partial charge is 0.382 e. The second kappa shape index (κ2) is 9.76. The van der Waals surface area contributed by atoms with Gasteiger partial charge in [0.15, 0.2) is 0 Å². The molecule has 3 rings (SSSR count). The average Bonchev–Trinajstić information content (AvgIpc) is 3.22. The molecule has 1 fully saturated rings. The van der Waals surface area contributed by atoms with Crippen LogP contribution >= 0.6 is 11.8 Å². The van der Waals surface area contributed by atoms with Crippen molar-refractivity contribution >= 4 is 23.4 Å². The first-order valence-electron chi connectivity index (χ1n) is 10.1. The van der Waals surface area contributed by atoms with Crippen molar-refractivity contribution in [1.29, 1.82) is 0 Å². The standard InChI is InChI=1S/C22H32N2O2S/c1-3-21(25)24(19-8-5-4-6-9-19)22(18-26-2)12-15-23(16-13-22)14-11-20-10-7-17-27-20/h4-6,8-10H,3,7,11-18H2,1-2H3. The number of methoxy groups -OCH3 is 1. The van der Waals surface area contributed by atoms with Gasteiger partial charge in [0.25, 0.3) is 0 Å². The predicted octanol–water partition coefficient (Wildman–Crippen LogP) is 4.32. The number of nitrogens with zero attached hydrogens (tertiary/aromatic N) is 2. The molecule has 0 atom stereocenters. The molecule has 0 unspecified atom stereocenters. The van der Waals surface area contributed by atoms with Crippen LogP contribution in [0.15, 0.2) is 41.3 Å². The van der Waals surface area contributed by atoms with Crippen molar-refractivity contribution in [3.05, 3.63) is 41.3 Å². The van der Waals surface area contributed by atoms with Crippen LogP contribution in [0.1, 0.15) is 39.0 Å². The molecule has 0 spiro atoms. The Morgan fingerprint density at radius 3 is 2.59 bits per heavy atom. The third kappa shape index (κ3) is 4.95. The lowest BCUT2D eigenvalue weighted by Crippen LogP contribution is -2.60. The number of carbonyl (C=O) groups is 1. The number of amides is 1. The minimum atomic E-state index is -0.249. The Labute approximate surface area is 167 Å². The van der Waals surface area contributed by atoms with Gasteiger partial charge in [-0.3, -0.25) is 4.79 Å². The molecule has 1 aromatic rings. The Morgan fingerprint density at radius 2 is 2.00 bits per heavy atom. The lowest BCUT2D eigenvalue weighted by molar-refractivity contribution is -0.120. The molecular weight excluding hydrogens is 356 g/mol. The maximum Gasteiger partial charge on any atom is 0.227 e. The van der Waals surface area contributed by atoms with Gasteiger partial charge in [-0.2, -0.15) is 0 Å². The molecule has 0 radical (unpaired) electrons. The topological polar surface area (TPSA) is 32.8 Å². The van der Waals surface area contributed by atoms with E-state index in [1.54, 1.807) is 12.0 Å². The molecule has 27 heavy (non-hydrogen) atoms. The lowest BCUT2D eigenvalue weighted by Gasteiger charge is -2.48. The van der Waals surface area contributed by atoms with E-state index in [0.717, 1.165) is 44.6 Å². The number of likely N-dealkylation sites (tertiary alicyclic amines) is 1. The molecule has 1 aromatic carbocycles. The van der Waals surface area contributed by atoms with Crippen molar-refractivity contribution in [2.75, 3.05) is 44.0 Å². The number of hydrogen-bond acceptors (Lipinski definition) is 4. The molecule has 0 aromatic heterocycles. The molecular formula is C22H32N2O2S. The maximum absolute atomic E-state index is 12.9. The highest BCUT2D eigenvalue weighted by Crippen LogP contribution is 2.35. The van der Waals surface area contributed by atoms with Crippen LogP contribution in [0.25, 0.3) is 0 Å². The quantitative estimate of drug-likeness (QED) is 0.664. The molecule has 0 aliphatic carbocycles. The van der Waals surface area contributed by atoms with Gasteiger partial charge in [0.05, 0.1) is 12.1 Å². The predicted molar refractivity (Wildman–Crippen MR) is 114 cm³/mol. The van der Waals surface area contributed by atoms with Crippen molar-refractivity contribution in [3.63, 3.8) is 0 Å². The Bertz CT molecular complexity index is 639. The second-order valence-corrected chi connectivity index (χ2v) is 8.70. The third-order valence-electron chi connectivity index (χ3n) is 5.69. The highest BCUT2D eigenvalue weighted by molar-refractivity contribution is 8.03. The Kier molecular flexibility index (Phi) is 7.39. The fraction of sp³-hybridized carbons (Fsp3) is 0.591. The lowest BCUT2D eigenvalue weighted by atomic mass is 9.85. The minimum Gasteiger partial charge on any atom is -0.382 e. The summed E-state index contributed by atoms with van der Waals surface area (Å²) in [6, 6.07) is 10.1. The number of anilines is 1. The number of thioether (sulfide) groups is 1. The summed E-state index contributed by atoms with van der Waals surface area (Å²) >= 11 is 2.01. The molecule has 4 nitrogen and oxygen atoms in total. The monoisotopic (exact) mass is 388 g/mol. The van der Waals surface area contributed by atoms with Crippen LogP contribution in [0.5, 0.6) is 0 Å². The number of rotatable bonds is 8. The van der Waals surface area contributed by atoms with Crippen molar-refractivity contribution in [2.45, 2.75) is 44.6 Å². The van der Waals surface area contributed by atoms with Gasteiger partial charge in [0, 0.05) is 44.6 Å². The Morgan fingerprint density at radius 1 is 1.26 bits per heavy atom. The summed E-state index contributed by atoms with van der Waals surface area (Å²) in [5.74, 6) is 1.43. The van der Waals surface area contributed by atoms with E-state index in [1.165, 1.54) is 12.2 Å². The van der Waals surface area contributed by atoms with E-state index in [1.807, 2.05) is 53.9 Å². The first kappa shape index (κ1) is 20.4. The van der Waals surface area contributed by atoms with Crippen molar-refractivity contribution in [3.8, 4) is 0 Å². The SMILES string of the molecule is CCC(=O)N(c1ccccc1)C1(COC)CCN(CCC2=CCCS2)CC1. The number of allylic oxidation sites excluding steroid dienone is 1. The number of para-hydroxylation sites is 1. The molecule has 1 saturated heterocycles. The minimum absolute atomic E-state index is 0.180. The fourth-order valence-corrected chi connectivity index (χ4v) is 5.19. The second-order valence-electron chi connectivity index (χ2n) is 7.47. The van der Waals surface area contributed by atoms with E-state index in [-0.39, 0.29) is 11.4 Å². The van der Waals surface area contributed by atoms with Gasteiger partial charge in [-0.25, -0.2) is 0 Å². The summed E-state index contributed by atoms with van der Waals surface area (Å²) in [4.78, 5) is 19.1. The zero-order valence-corrected chi connectivity index (χ0v) is 17.5. The summed E-state index contributed by atoms with van der Waals surface area (Å²) in [6.45, 7) is 5.68. The Balaban J connectivity index is 1.72. The van der Waals surface area contributed by atoms with E-state index < -0.39 is 0 Å². The van der Waals surface area contributed by atoms with Gasteiger partial charge in [-0.15, -0.1) is 11.8 Å². The van der Waals surface area contributed by atoms with Crippen molar-refractivity contribution < 1.29 is 9.53 Å². The number of carbonyl (C=O) groups excluding carboxylic acids is 1. The number of hydrogen-bond donors (Lipinski definition) is 0. The molecule has 2 aliphatic rings. The molecule has 0 N–H and O–H groups in total. The summed E-state index contributed by atoms with van der Waals surface area (Å²) < 4.78 is 5.63. The summed E-state index contributed by atoms with van der Waals surface area (Å²) in [7, 11) is 1.75. The van der Waals surface area contributed by atoms with Crippen molar-refractivity contribution in [1.82, 2.24) is 4.90 Å². The molecule has 2 aliphatic heterocycles. The third-order valence-corrected chi connectivity index (χ3v) is 6.87. The van der Waals surface area contributed by atoms with Crippen LogP contribution in [0.3, 0.4) is 0 Å². The molecule has 0 bridgehead atoms. The van der Waals surface area contributed by atoms with Crippen LogP contribution in [-0.2, 0) is 9.53 Å². The zero-order chi connectivity index (χ0) is 19.1. The molecule has 5 heteroatoms. The zero-order valence-electron chi connectivity index (χ0n) is 16.7. The highest BCUT2D eigenvalue weighted by atomic mass is 32.2. The van der Waals surface area contributed by atoms with Crippen LogP contribution in [0.4, 0.5) is 5.69 Å². The van der Waals surface area contributed by atoms with E-state index in [0.29, 0.717) is 13.0 Å². The normalized spacial score (nSPS) is 19.7. The highest BCUT2D eigenvalue weighted by Gasteiger charge is 2.42. The van der Waals surface area contributed by atoms with Gasteiger partial charge in [0.2, 0.25) is 5.91 Å². The van der Waals surface area contributed by atoms with Gasteiger partial charge in [0.1, 0.15) is 0 Å². The Hall–Kier alpha value is -1.30. The van der Waals surface area contributed by atoms with Crippen LogP contribution < -0.4 is 4.90 Å². The summed E-state index contributed by atoms with van der Waals surface area (Å²) in [5.41, 5.74) is 0.739. The van der Waals surface area contributed by atoms with E-state index in [2.05, 4.69) is 11.0 Å². The van der Waals surface area contributed by atoms with Gasteiger partial charge in [-0.1, -0.05) is 31.2 Å². The molecule has 148 valence electrons. The first-order chi connectivity index (χ1) is 13.2. The van der Waals surface area contributed by atoms with Gasteiger partial charge in [-0.05, 0) is 42.7 Å². The van der Waals surface area contributed by atoms with Crippen LogP contribution in [-0.4, -0.2) is 55.4 Å². The van der Waals surface area contributed by atoms with Gasteiger partial charge < -0.3 is 14.5 Å². The summed E-state index contributed by atoms with van der Waals surface area (Å²) in [6.07, 6.45) is 7.19. The smallest absolute Gasteiger partial charge is 0.227 e. The van der Waals surface area contributed by atoms with E-state index in [9.17, 15) is 4.79 Å². The number of ether oxygens (including phenoxy) is 1.